The van der Waals surface area contributed by atoms with Crippen LogP contribution in [-0.4, -0.2) is 5.78 Å². The first-order valence-electron chi connectivity index (χ1n) is 3.95. The summed E-state index contributed by atoms with van der Waals surface area (Å²) in [6, 6.07) is 3.45. The lowest BCUT2D eigenvalue weighted by Gasteiger charge is -2.05. The molecule has 0 saturated heterocycles. The van der Waals surface area contributed by atoms with Gasteiger partial charge in [0.25, 0.3) is 0 Å². The van der Waals surface area contributed by atoms with E-state index in [-0.39, 0.29) is 18.0 Å². The minimum Gasteiger partial charge on any atom is -0.300 e. The highest BCUT2D eigenvalue weighted by molar-refractivity contribution is 9.10. The Labute approximate surface area is 85.1 Å². The third-order valence-electron chi connectivity index (χ3n) is 1.79. The van der Waals surface area contributed by atoms with Gasteiger partial charge in [0.15, 0.2) is 0 Å². The van der Waals surface area contributed by atoms with E-state index in [2.05, 4.69) is 15.9 Å². The molecule has 0 radical (unpaired) electrons. The summed E-state index contributed by atoms with van der Waals surface area (Å²) in [6.45, 7) is 3.18. The molecule has 0 N–H and O–H groups in total. The molecule has 0 aliphatic rings. The van der Waals surface area contributed by atoms with Crippen molar-refractivity contribution in [2.75, 3.05) is 0 Å². The summed E-state index contributed by atoms with van der Waals surface area (Å²) in [5, 5.41) is 0. The largest absolute Gasteiger partial charge is 0.300 e. The number of Topliss-reactive ketones (excluding diaryl/α,β-unsaturated/α-hetero) is 1. The monoisotopic (exact) mass is 244 g/mol. The van der Waals surface area contributed by atoms with Crippen LogP contribution in [0.1, 0.15) is 18.1 Å². The maximum Gasteiger partial charge on any atom is 0.140 e. The Morgan fingerprint density at radius 2 is 2.15 bits per heavy atom. The molecule has 0 spiro atoms. The average Bonchev–Trinajstić information content (AvgIpc) is 2.06. The van der Waals surface area contributed by atoms with Crippen molar-refractivity contribution in [3.05, 3.63) is 33.5 Å². The molecule has 1 aromatic carbocycles. The molecule has 1 rings (SSSR count). The highest BCUT2D eigenvalue weighted by Crippen LogP contribution is 2.23. The normalized spacial score (nSPS) is 10.2. The van der Waals surface area contributed by atoms with Crippen molar-refractivity contribution < 1.29 is 9.18 Å². The number of hydrogen-bond donors (Lipinski definition) is 0. The van der Waals surface area contributed by atoms with Crippen molar-refractivity contribution in [2.45, 2.75) is 20.3 Å². The van der Waals surface area contributed by atoms with Crippen molar-refractivity contribution in [1.29, 1.82) is 0 Å². The van der Waals surface area contributed by atoms with Gasteiger partial charge in [-0.3, -0.25) is 4.79 Å². The van der Waals surface area contributed by atoms with E-state index in [4.69, 9.17) is 0 Å². The zero-order valence-electron chi connectivity index (χ0n) is 7.53. The molecule has 0 bridgehead atoms. The molecular formula is C10H10BrFO. The topological polar surface area (TPSA) is 17.1 Å². The Hall–Kier alpha value is -0.700. The van der Waals surface area contributed by atoms with Crippen LogP contribution in [0.25, 0.3) is 0 Å². The van der Waals surface area contributed by atoms with Gasteiger partial charge in [0, 0.05) is 6.42 Å². The molecule has 0 aromatic heterocycles. The Kier molecular flexibility index (Phi) is 3.20. The van der Waals surface area contributed by atoms with Crippen molar-refractivity contribution in [1.82, 2.24) is 0 Å². The fraction of sp³-hybridized carbons (Fsp3) is 0.300. The second-order valence-corrected chi connectivity index (χ2v) is 3.84. The quantitative estimate of drug-likeness (QED) is 0.782. The van der Waals surface area contributed by atoms with Crippen LogP contribution in [-0.2, 0) is 11.2 Å². The van der Waals surface area contributed by atoms with Gasteiger partial charge in [-0.25, -0.2) is 4.39 Å². The summed E-state index contributed by atoms with van der Waals surface area (Å²) in [5.41, 5.74) is 1.29. The Balaban J connectivity index is 3.10. The van der Waals surface area contributed by atoms with Gasteiger partial charge in [0.2, 0.25) is 0 Å². The van der Waals surface area contributed by atoms with Crippen molar-refractivity contribution >= 4 is 21.7 Å². The standard InChI is InChI=1S/C10H10BrFO/c1-6-3-4-8(5-7(2)13)9(11)10(6)12/h3-4H,5H2,1-2H3. The number of halogens is 2. The molecule has 13 heavy (non-hydrogen) atoms. The first-order valence-corrected chi connectivity index (χ1v) is 4.74. The van der Waals surface area contributed by atoms with Crippen LogP contribution >= 0.6 is 15.9 Å². The number of carbonyl (C=O) groups excluding carboxylic acids is 1. The van der Waals surface area contributed by atoms with E-state index in [1.165, 1.54) is 6.92 Å². The molecular weight excluding hydrogens is 235 g/mol. The van der Waals surface area contributed by atoms with Crippen LogP contribution in [0.5, 0.6) is 0 Å². The second kappa shape index (κ2) is 4.01. The first-order chi connectivity index (χ1) is 6.02. The van der Waals surface area contributed by atoms with E-state index in [0.717, 1.165) is 0 Å². The van der Waals surface area contributed by atoms with Gasteiger partial charge < -0.3 is 0 Å². The van der Waals surface area contributed by atoms with E-state index in [0.29, 0.717) is 15.6 Å². The molecule has 1 aromatic rings. The van der Waals surface area contributed by atoms with E-state index < -0.39 is 0 Å². The summed E-state index contributed by atoms with van der Waals surface area (Å²) in [5.74, 6) is -0.247. The van der Waals surface area contributed by atoms with E-state index in [9.17, 15) is 9.18 Å². The predicted octanol–water partition coefficient (Wildman–Crippen LogP) is 3.03. The number of hydrogen-bond acceptors (Lipinski definition) is 1. The SMILES string of the molecule is CC(=O)Cc1ccc(C)c(F)c1Br. The number of benzene rings is 1. The minimum absolute atomic E-state index is 0.0314. The summed E-state index contributed by atoms with van der Waals surface area (Å²) in [7, 11) is 0. The molecule has 1 nitrogen and oxygen atoms in total. The molecule has 0 amide bonds. The van der Waals surface area contributed by atoms with Gasteiger partial charge in [0.1, 0.15) is 11.6 Å². The molecule has 3 heteroatoms. The lowest BCUT2D eigenvalue weighted by Crippen LogP contribution is -1.99. The van der Waals surface area contributed by atoms with Crippen LogP contribution < -0.4 is 0 Å². The Morgan fingerprint density at radius 3 is 2.69 bits per heavy atom. The highest BCUT2D eigenvalue weighted by Gasteiger charge is 2.09. The molecule has 0 saturated carbocycles. The van der Waals surface area contributed by atoms with Gasteiger partial charge in [-0.15, -0.1) is 0 Å². The van der Waals surface area contributed by atoms with Crippen molar-refractivity contribution in [3.8, 4) is 0 Å². The number of ketones is 1. The number of aryl methyl sites for hydroxylation is 1. The summed E-state index contributed by atoms with van der Waals surface area (Å²) < 4.78 is 13.7. The Bertz CT molecular complexity index is 347. The smallest absolute Gasteiger partial charge is 0.140 e. The zero-order valence-corrected chi connectivity index (χ0v) is 9.11. The van der Waals surface area contributed by atoms with Crippen LogP contribution in [0.4, 0.5) is 4.39 Å². The maximum atomic E-state index is 13.3. The summed E-state index contributed by atoms with van der Waals surface area (Å²) >= 11 is 3.13. The fourth-order valence-corrected chi connectivity index (χ4v) is 1.68. The molecule has 0 aliphatic carbocycles. The molecule has 0 unspecified atom stereocenters. The summed E-state index contributed by atoms with van der Waals surface area (Å²) in [4.78, 5) is 10.8. The van der Waals surface area contributed by atoms with Gasteiger partial charge in [-0.1, -0.05) is 12.1 Å². The average molecular weight is 245 g/mol. The van der Waals surface area contributed by atoms with Crippen LogP contribution in [0.2, 0.25) is 0 Å². The lowest BCUT2D eigenvalue weighted by molar-refractivity contribution is -0.116. The van der Waals surface area contributed by atoms with Gasteiger partial charge in [-0.2, -0.15) is 0 Å². The highest BCUT2D eigenvalue weighted by atomic mass is 79.9. The number of rotatable bonds is 2. The predicted molar refractivity (Wildman–Crippen MR) is 53.2 cm³/mol. The van der Waals surface area contributed by atoms with E-state index in [1.54, 1.807) is 19.1 Å². The molecule has 0 fully saturated rings. The lowest BCUT2D eigenvalue weighted by atomic mass is 10.1. The van der Waals surface area contributed by atoms with Crippen LogP contribution in [0.15, 0.2) is 16.6 Å². The van der Waals surface area contributed by atoms with Crippen LogP contribution in [0, 0.1) is 12.7 Å². The molecule has 0 aliphatic heterocycles. The second-order valence-electron chi connectivity index (χ2n) is 3.05. The van der Waals surface area contributed by atoms with Crippen LogP contribution in [0.3, 0.4) is 0 Å². The Morgan fingerprint density at radius 1 is 1.54 bits per heavy atom. The third-order valence-corrected chi connectivity index (χ3v) is 2.65. The van der Waals surface area contributed by atoms with E-state index >= 15 is 0 Å². The van der Waals surface area contributed by atoms with Gasteiger partial charge in [-0.05, 0) is 40.9 Å². The fourth-order valence-electron chi connectivity index (χ4n) is 1.09. The first kappa shape index (κ1) is 10.4. The van der Waals surface area contributed by atoms with Gasteiger partial charge in [0.05, 0.1) is 4.47 Å². The number of carbonyl (C=O) groups is 1. The zero-order chi connectivity index (χ0) is 10.0. The minimum atomic E-state index is -0.279. The third kappa shape index (κ3) is 2.37. The van der Waals surface area contributed by atoms with Crippen molar-refractivity contribution in [2.24, 2.45) is 0 Å². The van der Waals surface area contributed by atoms with Crippen molar-refractivity contribution in [3.63, 3.8) is 0 Å². The molecule has 70 valence electrons. The van der Waals surface area contributed by atoms with E-state index in [1.807, 2.05) is 0 Å². The molecule has 0 heterocycles. The summed E-state index contributed by atoms with van der Waals surface area (Å²) in [6.07, 6.45) is 0.276. The molecule has 0 atom stereocenters. The maximum absolute atomic E-state index is 13.3. The van der Waals surface area contributed by atoms with Gasteiger partial charge >= 0.3 is 0 Å².